The number of halogens is 2. The predicted molar refractivity (Wildman–Crippen MR) is 73.2 cm³/mol. The molecule has 0 saturated heterocycles. The molecule has 4 nitrogen and oxygen atoms in total. The fraction of sp³-hybridized carbons (Fsp3) is 0.286. The second kappa shape index (κ2) is 5.03. The Morgan fingerprint density at radius 1 is 1.10 bits per heavy atom. The Morgan fingerprint density at radius 3 is 2.35 bits per heavy atom. The van der Waals surface area contributed by atoms with E-state index >= 15 is 0 Å². The van der Waals surface area contributed by atoms with E-state index in [2.05, 4.69) is 20.6 Å². The summed E-state index contributed by atoms with van der Waals surface area (Å²) < 4.78 is 27.3. The van der Waals surface area contributed by atoms with Crippen molar-refractivity contribution < 1.29 is 8.78 Å². The van der Waals surface area contributed by atoms with Crippen molar-refractivity contribution in [2.45, 2.75) is 18.8 Å². The number of rotatable bonds is 4. The van der Waals surface area contributed by atoms with Crippen molar-refractivity contribution in [1.29, 1.82) is 0 Å². The third kappa shape index (κ3) is 2.54. The Bertz CT molecular complexity index is 621. The average molecular weight is 276 g/mol. The van der Waals surface area contributed by atoms with Gasteiger partial charge in [0.2, 0.25) is 0 Å². The third-order valence-electron chi connectivity index (χ3n) is 3.16. The first kappa shape index (κ1) is 12.8. The molecule has 6 heteroatoms. The maximum Gasteiger partial charge on any atom is 0.149 e. The van der Waals surface area contributed by atoms with Crippen LogP contribution in [0.1, 0.15) is 24.6 Å². The number of hydrogen-bond donors (Lipinski definition) is 2. The summed E-state index contributed by atoms with van der Waals surface area (Å²) in [6, 6.07) is 5.35. The summed E-state index contributed by atoms with van der Waals surface area (Å²) in [5.41, 5.74) is -0.199. The molecule has 104 valence electrons. The molecule has 1 saturated carbocycles. The number of nitrogens with zero attached hydrogens (tertiary/aromatic N) is 2. The number of para-hydroxylation sites is 1. The van der Waals surface area contributed by atoms with Crippen molar-refractivity contribution in [1.82, 2.24) is 9.97 Å². The van der Waals surface area contributed by atoms with Gasteiger partial charge in [-0.15, -0.1) is 0 Å². The summed E-state index contributed by atoms with van der Waals surface area (Å²) >= 11 is 0. The monoisotopic (exact) mass is 276 g/mol. The van der Waals surface area contributed by atoms with Crippen LogP contribution in [-0.4, -0.2) is 17.0 Å². The zero-order valence-electron chi connectivity index (χ0n) is 11.0. The molecule has 2 aromatic rings. The first-order valence-corrected chi connectivity index (χ1v) is 6.45. The number of benzene rings is 1. The molecule has 0 atom stereocenters. The Morgan fingerprint density at radius 2 is 1.75 bits per heavy atom. The van der Waals surface area contributed by atoms with E-state index < -0.39 is 11.6 Å². The molecule has 0 unspecified atom stereocenters. The molecule has 2 N–H and O–H groups in total. The van der Waals surface area contributed by atoms with Crippen molar-refractivity contribution >= 4 is 17.3 Å². The standard InChI is InChI=1S/C14H14F2N4/c1-17-11-7-12(20-14(19-11)8-5-6-8)18-13-9(15)3-2-4-10(13)16/h2-4,7-8H,5-6H2,1H3,(H2,17,18,19,20). The minimum Gasteiger partial charge on any atom is -0.373 e. The van der Waals surface area contributed by atoms with Crippen LogP contribution in [0.15, 0.2) is 24.3 Å². The third-order valence-corrected chi connectivity index (χ3v) is 3.16. The maximum atomic E-state index is 13.6. The maximum absolute atomic E-state index is 13.6. The topological polar surface area (TPSA) is 49.8 Å². The summed E-state index contributed by atoms with van der Waals surface area (Å²) in [5, 5.41) is 5.62. The van der Waals surface area contributed by atoms with Gasteiger partial charge in [-0.2, -0.15) is 0 Å². The molecule has 1 aromatic carbocycles. The molecule has 1 fully saturated rings. The van der Waals surface area contributed by atoms with Gasteiger partial charge in [0.1, 0.15) is 34.8 Å². The molecular formula is C14H14F2N4. The number of aromatic nitrogens is 2. The lowest BCUT2D eigenvalue weighted by Crippen LogP contribution is -2.05. The van der Waals surface area contributed by atoms with Crippen molar-refractivity contribution in [3.05, 3.63) is 41.7 Å². The van der Waals surface area contributed by atoms with E-state index in [1.54, 1.807) is 13.1 Å². The molecular weight excluding hydrogens is 262 g/mol. The van der Waals surface area contributed by atoms with Gasteiger partial charge in [0.05, 0.1) is 0 Å². The van der Waals surface area contributed by atoms with Crippen LogP contribution in [0.25, 0.3) is 0 Å². The van der Waals surface area contributed by atoms with E-state index in [1.807, 2.05) is 0 Å². The molecule has 0 bridgehead atoms. The van der Waals surface area contributed by atoms with Crippen LogP contribution in [-0.2, 0) is 0 Å². The summed E-state index contributed by atoms with van der Waals surface area (Å²) in [6.45, 7) is 0. The molecule has 20 heavy (non-hydrogen) atoms. The van der Waals surface area contributed by atoms with Crippen molar-refractivity contribution in [2.75, 3.05) is 17.7 Å². The lowest BCUT2D eigenvalue weighted by atomic mass is 10.3. The molecule has 0 spiro atoms. The van der Waals surface area contributed by atoms with Gasteiger partial charge in [0.15, 0.2) is 0 Å². The molecule has 1 aliphatic rings. The SMILES string of the molecule is CNc1cc(Nc2c(F)cccc2F)nc(C2CC2)n1. The minimum absolute atomic E-state index is 0.199. The Kier molecular flexibility index (Phi) is 3.22. The normalized spacial score (nSPS) is 14.2. The van der Waals surface area contributed by atoms with E-state index in [-0.39, 0.29) is 5.69 Å². The molecule has 0 amide bonds. The molecule has 1 aromatic heterocycles. The van der Waals surface area contributed by atoms with Crippen LogP contribution in [0.4, 0.5) is 26.1 Å². The van der Waals surface area contributed by atoms with E-state index in [4.69, 9.17) is 0 Å². The van der Waals surface area contributed by atoms with Gasteiger partial charge in [0.25, 0.3) is 0 Å². The molecule has 3 rings (SSSR count). The van der Waals surface area contributed by atoms with E-state index in [0.717, 1.165) is 12.8 Å². The second-order valence-corrected chi connectivity index (χ2v) is 4.74. The molecule has 1 heterocycles. The van der Waals surface area contributed by atoms with Gasteiger partial charge in [-0.3, -0.25) is 0 Å². The van der Waals surface area contributed by atoms with Gasteiger partial charge >= 0.3 is 0 Å². The van der Waals surface area contributed by atoms with Gasteiger partial charge in [0, 0.05) is 19.0 Å². The smallest absolute Gasteiger partial charge is 0.149 e. The highest BCUT2D eigenvalue weighted by molar-refractivity contribution is 5.60. The van der Waals surface area contributed by atoms with E-state index in [1.165, 1.54) is 18.2 Å². The number of nitrogens with one attached hydrogen (secondary N) is 2. The fourth-order valence-electron chi connectivity index (χ4n) is 1.93. The number of hydrogen-bond acceptors (Lipinski definition) is 4. The van der Waals surface area contributed by atoms with E-state index in [0.29, 0.717) is 23.4 Å². The zero-order chi connectivity index (χ0) is 14.1. The summed E-state index contributed by atoms with van der Waals surface area (Å²) in [6.07, 6.45) is 2.11. The molecule has 1 aliphatic carbocycles. The lowest BCUT2D eigenvalue weighted by Gasteiger charge is -2.10. The predicted octanol–water partition coefficient (Wildman–Crippen LogP) is 3.42. The van der Waals surface area contributed by atoms with Gasteiger partial charge in [-0.05, 0) is 25.0 Å². The Hall–Kier alpha value is -2.24. The van der Waals surface area contributed by atoms with Crippen LogP contribution in [0, 0.1) is 11.6 Å². The quantitative estimate of drug-likeness (QED) is 0.898. The second-order valence-electron chi connectivity index (χ2n) is 4.74. The summed E-state index contributed by atoms with van der Waals surface area (Å²) in [4.78, 5) is 8.68. The van der Waals surface area contributed by atoms with Gasteiger partial charge < -0.3 is 10.6 Å². The Labute approximate surface area is 115 Å². The first-order chi connectivity index (χ1) is 9.67. The van der Waals surface area contributed by atoms with Crippen LogP contribution in [0.2, 0.25) is 0 Å². The van der Waals surface area contributed by atoms with Crippen LogP contribution in [0.3, 0.4) is 0 Å². The zero-order valence-corrected chi connectivity index (χ0v) is 11.0. The van der Waals surface area contributed by atoms with Crippen LogP contribution >= 0.6 is 0 Å². The summed E-state index contributed by atoms with van der Waals surface area (Å²) in [5.74, 6) is 0.770. The largest absolute Gasteiger partial charge is 0.373 e. The summed E-state index contributed by atoms with van der Waals surface area (Å²) in [7, 11) is 1.74. The minimum atomic E-state index is -0.650. The van der Waals surface area contributed by atoms with Gasteiger partial charge in [-0.25, -0.2) is 18.7 Å². The fourth-order valence-corrected chi connectivity index (χ4v) is 1.93. The Balaban J connectivity index is 1.95. The number of anilines is 3. The molecule has 0 aliphatic heterocycles. The lowest BCUT2D eigenvalue weighted by molar-refractivity contribution is 0.590. The van der Waals surface area contributed by atoms with Crippen molar-refractivity contribution in [3.63, 3.8) is 0 Å². The van der Waals surface area contributed by atoms with Crippen molar-refractivity contribution in [3.8, 4) is 0 Å². The highest BCUT2D eigenvalue weighted by Gasteiger charge is 2.27. The first-order valence-electron chi connectivity index (χ1n) is 6.45. The van der Waals surface area contributed by atoms with Gasteiger partial charge in [-0.1, -0.05) is 6.07 Å². The van der Waals surface area contributed by atoms with E-state index in [9.17, 15) is 8.78 Å². The highest BCUT2D eigenvalue weighted by Crippen LogP contribution is 2.39. The average Bonchev–Trinajstić information content (AvgIpc) is 3.27. The van der Waals surface area contributed by atoms with Crippen LogP contribution < -0.4 is 10.6 Å². The van der Waals surface area contributed by atoms with Crippen LogP contribution in [0.5, 0.6) is 0 Å². The molecule has 0 radical (unpaired) electrons. The van der Waals surface area contributed by atoms with Crippen molar-refractivity contribution in [2.24, 2.45) is 0 Å². The highest BCUT2D eigenvalue weighted by atomic mass is 19.1.